The van der Waals surface area contributed by atoms with Crippen LogP contribution in [0.3, 0.4) is 0 Å². The quantitative estimate of drug-likeness (QED) is 0.503. The molecule has 0 aromatic heterocycles. The number of rotatable bonds is 7. The van der Waals surface area contributed by atoms with Crippen LogP contribution in [0.15, 0.2) is 47.6 Å². The summed E-state index contributed by atoms with van der Waals surface area (Å²) in [6.45, 7) is 5.87. The van der Waals surface area contributed by atoms with Crippen molar-refractivity contribution in [2.24, 2.45) is 5.10 Å². The van der Waals surface area contributed by atoms with Crippen LogP contribution in [0.5, 0.6) is 5.75 Å². The topological polar surface area (TPSA) is 88.4 Å². The van der Waals surface area contributed by atoms with E-state index in [9.17, 15) is 9.90 Å². The van der Waals surface area contributed by atoms with Crippen molar-refractivity contribution in [2.75, 3.05) is 44.1 Å². The van der Waals surface area contributed by atoms with Crippen molar-refractivity contribution >= 4 is 23.5 Å². The summed E-state index contributed by atoms with van der Waals surface area (Å²) < 4.78 is 0. The standard InChI is InChI=1S/C20H26N4O2.CH4O/c1-5-24(6-2)18-12-9-16(19(25)13-18)14-21-22-20(26)15-7-10-17(11-8-15)23(3)4;1-2/h7-14,25H,5-6H2,1-4H3,(H,22,26);2H,1H3/b21-14+;. The molecule has 0 atom stereocenters. The molecular formula is C21H30N4O3. The fourth-order valence-electron chi connectivity index (χ4n) is 2.56. The molecule has 3 N–H and O–H groups in total. The van der Waals surface area contributed by atoms with E-state index in [0.717, 1.165) is 31.6 Å². The summed E-state index contributed by atoms with van der Waals surface area (Å²) in [5, 5.41) is 21.1. The Hall–Kier alpha value is -3.06. The molecule has 1 amide bonds. The molecule has 0 saturated heterocycles. The number of phenolic OH excluding ortho intramolecular Hbond substituents is 1. The number of benzene rings is 2. The summed E-state index contributed by atoms with van der Waals surface area (Å²) in [5.41, 5.74) is 5.52. The summed E-state index contributed by atoms with van der Waals surface area (Å²) in [7, 11) is 4.88. The van der Waals surface area contributed by atoms with E-state index in [1.54, 1.807) is 24.3 Å². The molecule has 0 heterocycles. The molecule has 0 bridgehead atoms. The van der Waals surface area contributed by atoms with Gasteiger partial charge in [0.15, 0.2) is 0 Å². The second-order valence-corrected chi connectivity index (χ2v) is 6.06. The molecule has 0 saturated carbocycles. The average molecular weight is 386 g/mol. The van der Waals surface area contributed by atoms with Crippen molar-refractivity contribution in [1.82, 2.24) is 5.43 Å². The summed E-state index contributed by atoms with van der Waals surface area (Å²) in [4.78, 5) is 16.2. The van der Waals surface area contributed by atoms with E-state index in [0.29, 0.717) is 11.1 Å². The highest BCUT2D eigenvalue weighted by molar-refractivity contribution is 5.95. The molecule has 2 aromatic carbocycles. The van der Waals surface area contributed by atoms with Gasteiger partial charge in [0, 0.05) is 62.9 Å². The fourth-order valence-corrected chi connectivity index (χ4v) is 2.56. The number of hydrogen-bond donors (Lipinski definition) is 3. The van der Waals surface area contributed by atoms with Gasteiger partial charge in [-0.05, 0) is 50.2 Å². The lowest BCUT2D eigenvalue weighted by atomic mass is 10.2. The Labute approximate surface area is 166 Å². The molecule has 0 unspecified atom stereocenters. The average Bonchev–Trinajstić information content (AvgIpc) is 2.72. The van der Waals surface area contributed by atoms with E-state index >= 15 is 0 Å². The Morgan fingerprint density at radius 2 is 1.61 bits per heavy atom. The minimum atomic E-state index is -0.300. The van der Waals surface area contributed by atoms with Gasteiger partial charge in [-0.1, -0.05) is 0 Å². The molecule has 7 heteroatoms. The molecular weight excluding hydrogens is 356 g/mol. The van der Waals surface area contributed by atoms with E-state index < -0.39 is 0 Å². The summed E-state index contributed by atoms with van der Waals surface area (Å²) in [6.07, 6.45) is 1.44. The van der Waals surface area contributed by atoms with Gasteiger partial charge in [0.1, 0.15) is 5.75 Å². The Morgan fingerprint density at radius 3 is 2.11 bits per heavy atom. The molecule has 152 valence electrons. The molecule has 28 heavy (non-hydrogen) atoms. The van der Waals surface area contributed by atoms with E-state index in [2.05, 4.69) is 29.3 Å². The van der Waals surface area contributed by atoms with Crippen molar-refractivity contribution in [2.45, 2.75) is 13.8 Å². The molecule has 0 radical (unpaired) electrons. The number of amides is 1. The van der Waals surface area contributed by atoms with E-state index in [-0.39, 0.29) is 11.7 Å². The van der Waals surface area contributed by atoms with Gasteiger partial charge in [-0.2, -0.15) is 5.10 Å². The molecule has 0 fully saturated rings. The normalized spacial score (nSPS) is 10.2. The molecule has 0 aliphatic carbocycles. The number of nitrogens with zero attached hydrogens (tertiary/aromatic N) is 3. The maximum atomic E-state index is 12.1. The molecule has 0 aliphatic rings. The first-order valence-electron chi connectivity index (χ1n) is 9.09. The van der Waals surface area contributed by atoms with Gasteiger partial charge in [-0.3, -0.25) is 4.79 Å². The predicted octanol–water partition coefficient (Wildman–Crippen LogP) is 2.68. The highest BCUT2D eigenvalue weighted by atomic mass is 16.3. The molecule has 2 aromatic rings. The third kappa shape index (κ3) is 6.28. The largest absolute Gasteiger partial charge is 0.507 e. The Balaban J connectivity index is 0.00000190. The number of aromatic hydroxyl groups is 1. The number of aliphatic hydroxyl groups excluding tert-OH is 1. The maximum absolute atomic E-state index is 12.1. The number of nitrogens with one attached hydrogen (secondary N) is 1. The van der Waals surface area contributed by atoms with Gasteiger partial charge in [0.2, 0.25) is 0 Å². The van der Waals surface area contributed by atoms with E-state index in [4.69, 9.17) is 5.11 Å². The van der Waals surface area contributed by atoms with E-state index in [1.165, 1.54) is 6.21 Å². The number of carbonyl (C=O) groups is 1. The van der Waals surface area contributed by atoms with Crippen LogP contribution >= 0.6 is 0 Å². The number of hydrazone groups is 1. The van der Waals surface area contributed by atoms with Gasteiger partial charge in [0.25, 0.3) is 5.91 Å². The highest BCUT2D eigenvalue weighted by Crippen LogP contribution is 2.23. The first-order valence-corrected chi connectivity index (χ1v) is 9.09. The number of hydrogen-bond acceptors (Lipinski definition) is 6. The monoisotopic (exact) mass is 386 g/mol. The second kappa shape index (κ2) is 11.6. The summed E-state index contributed by atoms with van der Waals surface area (Å²) in [6, 6.07) is 12.6. The number of aliphatic hydroxyl groups is 1. The highest BCUT2D eigenvalue weighted by Gasteiger charge is 2.07. The lowest BCUT2D eigenvalue weighted by molar-refractivity contribution is 0.0955. The van der Waals surface area contributed by atoms with Crippen molar-refractivity contribution in [3.05, 3.63) is 53.6 Å². The SMILES string of the molecule is CCN(CC)c1ccc(/C=N/NC(=O)c2ccc(N(C)C)cc2)c(O)c1.CO. The summed E-state index contributed by atoms with van der Waals surface area (Å²) >= 11 is 0. The zero-order valence-electron chi connectivity index (χ0n) is 17.2. The second-order valence-electron chi connectivity index (χ2n) is 6.06. The fraction of sp³-hybridized carbons (Fsp3) is 0.333. The summed E-state index contributed by atoms with van der Waals surface area (Å²) in [5.74, 6) is -0.173. The Kier molecular flexibility index (Phi) is 9.53. The first kappa shape index (κ1) is 23.0. The number of carbonyl (C=O) groups excluding carboxylic acids is 1. The zero-order valence-corrected chi connectivity index (χ0v) is 17.2. The van der Waals surface area contributed by atoms with Crippen LogP contribution in [0.25, 0.3) is 0 Å². The maximum Gasteiger partial charge on any atom is 0.271 e. The molecule has 7 nitrogen and oxygen atoms in total. The number of phenols is 1. The van der Waals surface area contributed by atoms with Crippen LogP contribution in [-0.4, -0.2) is 56.6 Å². The van der Waals surface area contributed by atoms with Crippen LogP contribution in [0.2, 0.25) is 0 Å². The zero-order chi connectivity index (χ0) is 21.1. The van der Waals surface area contributed by atoms with Crippen LogP contribution in [-0.2, 0) is 0 Å². The minimum Gasteiger partial charge on any atom is -0.507 e. The van der Waals surface area contributed by atoms with Crippen LogP contribution in [0, 0.1) is 0 Å². The number of anilines is 2. The van der Waals surface area contributed by atoms with E-state index in [1.807, 2.05) is 37.2 Å². The van der Waals surface area contributed by atoms with Crippen molar-refractivity contribution in [1.29, 1.82) is 0 Å². The van der Waals surface area contributed by atoms with Gasteiger partial charge >= 0.3 is 0 Å². The first-order chi connectivity index (χ1) is 13.5. The minimum absolute atomic E-state index is 0.128. The Morgan fingerprint density at radius 1 is 1.04 bits per heavy atom. The van der Waals surface area contributed by atoms with Crippen LogP contribution < -0.4 is 15.2 Å². The third-order valence-electron chi connectivity index (χ3n) is 4.16. The molecule has 0 spiro atoms. The lowest BCUT2D eigenvalue weighted by Crippen LogP contribution is -2.21. The molecule has 2 rings (SSSR count). The smallest absolute Gasteiger partial charge is 0.271 e. The molecule has 0 aliphatic heterocycles. The van der Waals surface area contributed by atoms with Gasteiger partial charge < -0.3 is 20.0 Å². The van der Waals surface area contributed by atoms with Crippen molar-refractivity contribution in [3.8, 4) is 5.75 Å². The van der Waals surface area contributed by atoms with Crippen LogP contribution in [0.1, 0.15) is 29.8 Å². The van der Waals surface area contributed by atoms with Crippen LogP contribution in [0.4, 0.5) is 11.4 Å². The van der Waals surface area contributed by atoms with Crippen molar-refractivity contribution < 1.29 is 15.0 Å². The third-order valence-corrected chi connectivity index (χ3v) is 4.16. The van der Waals surface area contributed by atoms with Gasteiger partial charge in [0.05, 0.1) is 6.21 Å². The Bertz CT molecular complexity index is 770. The van der Waals surface area contributed by atoms with Crippen molar-refractivity contribution in [3.63, 3.8) is 0 Å². The lowest BCUT2D eigenvalue weighted by Gasteiger charge is -2.21. The van der Waals surface area contributed by atoms with Gasteiger partial charge in [-0.25, -0.2) is 5.43 Å². The van der Waals surface area contributed by atoms with Gasteiger partial charge in [-0.15, -0.1) is 0 Å². The predicted molar refractivity (Wildman–Crippen MR) is 116 cm³/mol.